The lowest BCUT2D eigenvalue weighted by molar-refractivity contribution is 0.102. The quantitative estimate of drug-likeness (QED) is 0.520. The lowest BCUT2D eigenvalue weighted by Gasteiger charge is -2.10. The molecule has 0 aliphatic heterocycles. The Morgan fingerprint density at radius 1 is 0.793 bits per heavy atom. The maximum Gasteiger partial charge on any atom is 0.261 e. The van der Waals surface area contributed by atoms with Gasteiger partial charge in [-0.15, -0.1) is 0 Å². The molecule has 0 saturated heterocycles. The Hall–Kier alpha value is -3.71. The number of fused-ring (bicyclic) bond motifs is 1. The molecule has 0 aliphatic rings. The number of hydrogen-bond acceptors (Lipinski definition) is 4. The number of rotatable bonds is 5. The van der Waals surface area contributed by atoms with Gasteiger partial charge in [0.25, 0.3) is 15.9 Å². The van der Waals surface area contributed by atoms with Crippen molar-refractivity contribution in [2.75, 3.05) is 10.0 Å². The molecule has 0 saturated carbocycles. The van der Waals surface area contributed by atoms with E-state index in [1.807, 2.05) is 30.3 Å². The van der Waals surface area contributed by atoms with Gasteiger partial charge in [-0.3, -0.25) is 14.5 Å². The lowest BCUT2D eigenvalue weighted by atomic mass is 10.1. The molecule has 0 radical (unpaired) electrons. The molecule has 4 aromatic rings. The van der Waals surface area contributed by atoms with Crippen molar-refractivity contribution in [1.82, 2.24) is 4.98 Å². The van der Waals surface area contributed by atoms with Gasteiger partial charge < -0.3 is 5.32 Å². The van der Waals surface area contributed by atoms with E-state index in [9.17, 15) is 13.2 Å². The average molecular weight is 403 g/mol. The number of carbonyl (C=O) groups is 1. The summed E-state index contributed by atoms with van der Waals surface area (Å²) in [6.45, 7) is 0. The Morgan fingerprint density at radius 2 is 1.55 bits per heavy atom. The molecule has 3 aromatic carbocycles. The highest BCUT2D eigenvalue weighted by Crippen LogP contribution is 2.22. The fraction of sp³-hybridized carbons (Fsp3) is 0. The monoisotopic (exact) mass is 403 g/mol. The van der Waals surface area contributed by atoms with Crippen molar-refractivity contribution < 1.29 is 13.2 Å². The molecule has 7 heteroatoms. The fourth-order valence-corrected chi connectivity index (χ4v) is 3.99. The topological polar surface area (TPSA) is 88.2 Å². The molecule has 29 heavy (non-hydrogen) atoms. The second kappa shape index (κ2) is 7.73. The molecule has 0 aliphatic carbocycles. The summed E-state index contributed by atoms with van der Waals surface area (Å²) in [5.74, 6) is -0.293. The highest BCUT2D eigenvalue weighted by Gasteiger charge is 2.14. The minimum Gasteiger partial charge on any atom is -0.321 e. The molecule has 0 bridgehead atoms. The van der Waals surface area contributed by atoms with E-state index in [1.165, 1.54) is 12.1 Å². The Bertz CT molecular complexity index is 1270. The van der Waals surface area contributed by atoms with E-state index in [1.54, 1.807) is 48.7 Å². The smallest absolute Gasteiger partial charge is 0.261 e. The van der Waals surface area contributed by atoms with Crippen molar-refractivity contribution in [3.8, 4) is 0 Å². The van der Waals surface area contributed by atoms with Crippen LogP contribution in [-0.2, 0) is 10.0 Å². The SMILES string of the molecule is O=C(Nc1cccc2ncccc12)c1ccc(NS(=O)(=O)c2ccccc2)cc1. The fourth-order valence-electron chi connectivity index (χ4n) is 2.91. The van der Waals surface area contributed by atoms with Crippen LogP contribution >= 0.6 is 0 Å². The van der Waals surface area contributed by atoms with Gasteiger partial charge in [0.2, 0.25) is 0 Å². The summed E-state index contributed by atoms with van der Waals surface area (Å²) in [5.41, 5.74) is 2.23. The Balaban J connectivity index is 1.51. The third-order valence-corrected chi connectivity index (χ3v) is 5.74. The van der Waals surface area contributed by atoms with E-state index < -0.39 is 10.0 Å². The van der Waals surface area contributed by atoms with E-state index in [4.69, 9.17) is 0 Å². The van der Waals surface area contributed by atoms with Crippen LogP contribution in [0.2, 0.25) is 0 Å². The van der Waals surface area contributed by atoms with Crippen LogP contribution in [0.1, 0.15) is 10.4 Å². The number of carbonyl (C=O) groups excluding carboxylic acids is 1. The number of nitrogens with zero attached hydrogens (tertiary/aromatic N) is 1. The van der Waals surface area contributed by atoms with Crippen LogP contribution < -0.4 is 10.0 Å². The number of aromatic nitrogens is 1. The molecular weight excluding hydrogens is 386 g/mol. The van der Waals surface area contributed by atoms with Crippen molar-refractivity contribution in [2.45, 2.75) is 4.90 Å². The van der Waals surface area contributed by atoms with Crippen molar-refractivity contribution in [3.63, 3.8) is 0 Å². The zero-order chi connectivity index (χ0) is 20.3. The number of hydrogen-bond donors (Lipinski definition) is 2. The van der Waals surface area contributed by atoms with Gasteiger partial charge in [-0.1, -0.05) is 24.3 Å². The Morgan fingerprint density at radius 3 is 2.31 bits per heavy atom. The second-order valence-corrected chi connectivity index (χ2v) is 8.01. The molecule has 144 valence electrons. The summed E-state index contributed by atoms with van der Waals surface area (Å²) < 4.78 is 27.3. The number of sulfonamides is 1. The first-order valence-electron chi connectivity index (χ1n) is 8.86. The van der Waals surface area contributed by atoms with E-state index in [0.29, 0.717) is 16.9 Å². The molecule has 1 heterocycles. The van der Waals surface area contributed by atoms with E-state index >= 15 is 0 Å². The van der Waals surface area contributed by atoms with Crippen LogP contribution in [0.5, 0.6) is 0 Å². The molecular formula is C22H17N3O3S. The van der Waals surface area contributed by atoms with Crippen LogP contribution in [0.25, 0.3) is 10.9 Å². The number of pyridine rings is 1. The van der Waals surface area contributed by atoms with Crippen LogP contribution in [-0.4, -0.2) is 19.3 Å². The van der Waals surface area contributed by atoms with Gasteiger partial charge in [0.05, 0.1) is 16.1 Å². The first kappa shape index (κ1) is 18.6. The maximum absolute atomic E-state index is 12.6. The number of anilines is 2. The number of benzene rings is 3. The molecule has 2 N–H and O–H groups in total. The largest absolute Gasteiger partial charge is 0.321 e. The van der Waals surface area contributed by atoms with E-state index in [0.717, 1.165) is 10.9 Å². The van der Waals surface area contributed by atoms with Crippen molar-refractivity contribution in [3.05, 3.63) is 96.7 Å². The minimum atomic E-state index is -3.68. The molecule has 0 spiro atoms. The predicted molar refractivity (Wildman–Crippen MR) is 113 cm³/mol. The van der Waals surface area contributed by atoms with Crippen LogP contribution in [0.4, 0.5) is 11.4 Å². The molecule has 0 unspecified atom stereocenters. The molecule has 0 atom stereocenters. The van der Waals surface area contributed by atoms with Gasteiger partial charge in [-0.25, -0.2) is 8.42 Å². The molecule has 1 aromatic heterocycles. The highest BCUT2D eigenvalue weighted by molar-refractivity contribution is 7.92. The maximum atomic E-state index is 12.6. The molecule has 4 rings (SSSR count). The first-order chi connectivity index (χ1) is 14.0. The number of amides is 1. The van der Waals surface area contributed by atoms with Gasteiger partial charge in [0.1, 0.15) is 0 Å². The minimum absolute atomic E-state index is 0.173. The van der Waals surface area contributed by atoms with Crippen molar-refractivity contribution in [1.29, 1.82) is 0 Å². The van der Waals surface area contributed by atoms with Gasteiger partial charge in [-0.2, -0.15) is 0 Å². The number of nitrogens with one attached hydrogen (secondary N) is 2. The zero-order valence-corrected chi connectivity index (χ0v) is 16.1. The molecule has 6 nitrogen and oxygen atoms in total. The summed E-state index contributed by atoms with van der Waals surface area (Å²) in [5, 5.41) is 3.72. The van der Waals surface area contributed by atoms with Crippen molar-refractivity contribution in [2.24, 2.45) is 0 Å². The first-order valence-corrected chi connectivity index (χ1v) is 10.3. The standard InChI is InChI=1S/C22H17N3O3S/c26-22(24-21-10-4-9-20-19(21)8-5-15-23-20)16-11-13-17(14-12-16)25-29(27,28)18-6-2-1-3-7-18/h1-15,25H,(H,24,26). The van der Waals surface area contributed by atoms with Crippen LogP contribution in [0.3, 0.4) is 0 Å². The average Bonchev–Trinajstić information content (AvgIpc) is 2.75. The van der Waals surface area contributed by atoms with Gasteiger partial charge >= 0.3 is 0 Å². The zero-order valence-electron chi connectivity index (χ0n) is 15.2. The summed E-state index contributed by atoms with van der Waals surface area (Å²) >= 11 is 0. The second-order valence-electron chi connectivity index (χ2n) is 6.33. The summed E-state index contributed by atoms with van der Waals surface area (Å²) in [4.78, 5) is 17.1. The van der Waals surface area contributed by atoms with Crippen LogP contribution in [0.15, 0.2) is 96.0 Å². The normalized spacial score (nSPS) is 11.2. The van der Waals surface area contributed by atoms with E-state index in [-0.39, 0.29) is 10.8 Å². The molecule has 0 fully saturated rings. The Kier molecular flexibility index (Phi) is 4.97. The summed E-state index contributed by atoms with van der Waals surface area (Å²) in [6, 6.07) is 23.6. The Labute approximate surface area is 168 Å². The third-order valence-electron chi connectivity index (χ3n) is 4.35. The predicted octanol–water partition coefficient (Wildman–Crippen LogP) is 4.29. The third kappa shape index (κ3) is 4.09. The van der Waals surface area contributed by atoms with Gasteiger partial charge in [0, 0.05) is 22.8 Å². The van der Waals surface area contributed by atoms with Gasteiger partial charge in [-0.05, 0) is 60.7 Å². The lowest BCUT2D eigenvalue weighted by Crippen LogP contribution is -2.14. The summed E-state index contributed by atoms with van der Waals surface area (Å²) in [6.07, 6.45) is 1.70. The van der Waals surface area contributed by atoms with Crippen LogP contribution in [0, 0.1) is 0 Å². The van der Waals surface area contributed by atoms with Crippen molar-refractivity contribution >= 4 is 38.2 Å². The summed E-state index contributed by atoms with van der Waals surface area (Å²) in [7, 11) is -3.68. The van der Waals surface area contributed by atoms with E-state index in [2.05, 4.69) is 15.0 Å². The van der Waals surface area contributed by atoms with Gasteiger partial charge in [0.15, 0.2) is 0 Å². The molecule has 1 amide bonds. The highest BCUT2D eigenvalue weighted by atomic mass is 32.2.